The molecule has 3 heterocycles. The van der Waals surface area contributed by atoms with Crippen LogP contribution in [0.5, 0.6) is 0 Å². The summed E-state index contributed by atoms with van der Waals surface area (Å²) < 4.78 is 8.21. The Labute approximate surface area is 149 Å². The summed E-state index contributed by atoms with van der Waals surface area (Å²) in [7, 11) is 0. The molecule has 0 bridgehead atoms. The highest BCUT2D eigenvalue weighted by Gasteiger charge is 2.28. The molecule has 2 aromatic heterocycles. The van der Waals surface area contributed by atoms with Crippen molar-refractivity contribution in [2.75, 3.05) is 13.1 Å². The van der Waals surface area contributed by atoms with Crippen molar-refractivity contribution >= 4 is 39.9 Å². The zero-order valence-electron chi connectivity index (χ0n) is 14.0. The van der Waals surface area contributed by atoms with E-state index in [4.69, 9.17) is 17.0 Å². The standard InChI is InChI=1S/C16H21N3O3S2/c1-16(2,3)22-15(21)18-7-4-10(5-8-18)19-13(20)12-11(6-9-24-12)17-14(19)23/h6,9-10H,4-5,7-8H2,1-3H3,(H,17,23). The van der Waals surface area contributed by atoms with Crippen molar-refractivity contribution < 1.29 is 9.53 Å². The molecule has 2 aromatic rings. The number of carbonyl (C=O) groups is 1. The molecule has 8 heteroatoms. The lowest BCUT2D eigenvalue weighted by molar-refractivity contribution is 0.0187. The molecule has 0 aromatic carbocycles. The highest BCUT2D eigenvalue weighted by Crippen LogP contribution is 2.24. The van der Waals surface area contributed by atoms with Gasteiger partial charge in [0.1, 0.15) is 10.3 Å². The largest absolute Gasteiger partial charge is 0.444 e. The van der Waals surface area contributed by atoms with Crippen LogP contribution in [0.4, 0.5) is 4.79 Å². The number of nitrogens with one attached hydrogen (secondary N) is 1. The number of thiophene rings is 1. The molecule has 0 unspecified atom stereocenters. The number of ether oxygens (including phenoxy) is 1. The number of likely N-dealkylation sites (tertiary alicyclic amines) is 1. The van der Waals surface area contributed by atoms with Crippen molar-refractivity contribution in [3.05, 3.63) is 26.6 Å². The minimum Gasteiger partial charge on any atom is -0.444 e. The molecule has 0 spiro atoms. The Kier molecular flexibility index (Phi) is 4.52. The number of piperidine rings is 1. The van der Waals surface area contributed by atoms with Gasteiger partial charge in [0, 0.05) is 19.1 Å². The smallest absolute Gasteiger partial charge is 0.410 e. The van der Waals surface area contributed by atoms with Crippen molar-refractivity contribution in [3.63, 3.8) is 0 Å². The van der Waals surface area contributed by atoms with Crippen LogP contribution in [0.1, 0.15) is 39.7 Å². The zero-order chi connectivity index (χ0) is 17.5. The third-order valence-electron chi connectivity index (χ3n) is 4.02. The highest BCUT2D eigenvalue weighted by atomic mass is 32.1. The molecule has 1 N–H and O–H groups in total. The number of nitrogens with zero attached hydrogens (tertiary/aromatic N) is 2. The molecule has 1 aliphatic heterocycles. The van der Waals surface area contributed by atoms with E-state index < -0.39 is 5.60 Å². The van der Waals surface area contributed by atoms with Crippen molar-refractivity contribution in [2.45, 2.75) is 45.3 Å². The molecule has 0 saturated carbocycles. The minimum absolute atomic E-state index is 0.00596. The Morgan fingerprint density at radius 2 is 2.04 bits per heavy atom. The first-order chi connectivity index (χ1) is 11.3. The maximum Gasteiger partial charge on any atom is 0.410 e. The van der Waals surface area contributed by atoms with Crippen LogP contribution in [0.15, 0.2) is 16.2 Å². The Morgan fingerprint density at radius 3 is 2.67 bits per heavy atom. The van der Waals surface area contributed by atoms with Gasteiger partial charge in [0.2, 0.25) is 0 Å². The molecular weight excluding hydrogens is 346 g/mol. The van der Waals surface area contributed by atoms with Gasteiger partial charge in [-0.25, -0.2) is 4.79 Å². The number of H-pyrrole nitrogens is 1. The predicted molar refractivity (Wildman–Crippen MR) is 97.3 cm³/mol. The average molecular weight is 367 g/mol. The first kappa shape index (κ1) is 17.2. The van der Waals surface area contributed by atoms with Gasteiger partial charge in [0.05, 0.1) is 5.52 Å². The summed E-state index contributed by atoms with van der Waals surface area (Å²) >= 11 is 6.79. The molecule has 6 nitrogen and oxygen atoms in total. The Balaban J connectivity index is 1.77. The number of aromatic amines is 1. The van der Waals surface area contributed by atoms with Crippen LogP contribution in [0.3, 0.4) is 0 Å². The lowest BCUT2D eigenvalue weighted by atomic mass is 10.1. The predicted octanol–water partition coefficient (Wildman–Crippen LogP) is 3.69. The van der Waals surface area contributed by atoms with E-state index in [-0.39, 0.29) is 17.7 Å². The zero-order valence-corrected chi connectivity index (χ0v) is 15.6. The van der Waals surface area contributed by atoms with Gasteiger partial charge in [0.25, 0.3) is 5.56 Å². The number of carbonyl (C=O) groups excluding carboxylic acids is 1. The molecule has 130 valence electrons. The summed E-state index contributed by atoms with van der Waals surface area (Å²) in [6, 6.07) is 1.87. The third kappa shape index (κ3) is 3.39. The van der Waals surface area contributed by atoms with Crippen molar-refractivity contribution in [1.82, 2.24) is 14.5 Å². The van der Waals surface area contributed by atoms with E-state index in [1.807, 2.05) is 32.2 Å². The summed E-state index contributed by atoms with van der Waals surface area (Å²) in [5.74, 6) is 0. The molecule has 1 fully saturated rings. The second-order valence-corrected chi connectivity index (χ2v) is 8.27. The van der Waals surface area contributed by atoms with Gasteiger partial charge in [-0.05, 0) is 57.3 Å². The molecule has 0 aliphatic carbocycles. The molecule has 1 amide bonds. The first-order valence-electron chi connectivity index (χ1n) is 7.96. The van der Waals surface area contributed by atoms with E-state index in [0.29, 0.717) is 35.4 Å². The third-order valence-corrected chi connectivity index (χ3v) is 5.22. The SMILES string of the molecule is CC(C)(C)OC(=O)N1CCC(n2c(=S)[nH]c3ccsc3c2=O)CC1. The lowest BCUT2D eigenvalue weighted by Gasteiger charge is -2.34. The number of amides is 1. The van der Waals surface area contributed by atoms with Gasteiger partial charge in [-0.3, -0.25) is 9.36 Å². The fourth-order valence-corrected chi connectivity index (χ4v) is 4.04. The van der Waals surface area contributed by atoms with E-state index in [1.54, 1.807) is 9.47 Å². The van der Waals surface area contributed by atoms with Gasteiger partial charge in [-0.1, -0.05) is 0 Å². The second-order valence-electron chi connectivity index (χ2n) is 6.97. The molecule has 0 radical (unpaired) electrons. The average Bonchev–Trinajstić information content (AvgIpc) is 2.94. The Bertz CT molecular complexity index is 867. The summed E-state index contributed by atoms with van der Waals surface area (Å²) in [6.07, 6.45) is 1.08. The summed E-state index contributed by atoms with van der Waals surface area (Å²) in [4.78, 5) is 29.7. The molecule has 0 atom stereocenters. The molecule has 1 saturated heterocycles. The van der Waals surface area contributed by atoms with E-state index >= 15 is 0 Å². The molecule has 24 heavy (non-hydrogen) atoms. The number of hydrogen-bond donors (Lipinski definition) is 1. The monoisotopic (exact) mass is 367 g/mol. The van der Waals surface area contributed by atoms with Gasteiger partial charge in [-0.15, -0.1) is 11.3 Å². The van der Waals surface area contributed by atoms with Crippen LogP contribution in [0.25, 0.3) is 10.2 Å². The van der Waals surface area contributed by atoms with E-state index in [9.17, 15) is 9.59 Å². The van der Waals surface area contributed by atoms with Gasteiger partial charge >= 0.3 is 6.09 Å². The van der Waals surface area contributed by atoms with Gasteiger partial charge in [0.15, 0.2) is 4.77 Å². The van der Waals surface area contributed by atoms with Crippen LogP contribution in [0.2, 0.25) is 0 Å². The fourth-order valence-electron chi connectivity index (χ4n) is 2.92. The maximum absolute atomic E-state index is 12.7. The number of fused-ring (bicyclic) bond motifs is 1. The maximum atomic E-state index is 12.7. The Morgan fingerprint density at radius 1 is 1.38 bits per heavy atom. The first-order valence-corrected chi connectivity index (χ1v) is 9.25. The normalized spacial score (nSPS) is 16.5. The van der Waals surface area contributed by atoms with Crippen LogP contribution in [-0.4, -0.2) is 39.2 Å². The van der Waals surface area contributed by atoms with Gasteiger partial charge in [-0.2, -0.15) is 0 Å². The van der Waals surface area contributed by atoms with Crippen LogP contribution >= 0.6 is 23.6 Å². The van der Waals surface area contributed by atoms with Gasteiger partial charge < -0.3 is 14.6 Å². The summed E-state index contributed by atoms with van der Waals surface area (Å²) in [6.45, 7) is 6.68. The van der Waals surface area contributed by atoms with E-state index in [1.165, 1.54) is 11.3 Å². The highest BCUT2D eigenvalue weighted by molar-refractivity contribution is 7.71. The molecule has 3 rings (SSSR count). The molecule has 1 aliphatic rings. The van der Waals surface area contributed by atoms with E-state index in [0.717, 1.165) is 5.52 Å². The van der Waals surface area contributed by atoms with E-state index in [2.05, 4.69) is 4.98 Å². The van der Waals surface area contributed by atoms with Crippen molar-refractivity contribution in [2.24, 2.45) is 0 Å². The Hall–Kier alpha value is -1.67. The number of rotatable bonds is 1. The number of hydrogen-bond acceptors (Lipinski definition) is 5. The molecular formula is C16H21N3O3S2. The summed E-state index contributed by atoms with van der Waals surface area (Å²) in [5, 5.41) is 1.88. The fraction of sp³-hybridized carbons (Fsp3) is 0.562. The number of aromatic nitrogens is 2. The second kappa shape index (κ2) is 6.33. The lowest BCUT2D eigenvalue weighted by Crippen LogP contribution is -2.43. The van der Waals surface area contributed by atoms with Crippen molar-refractivity contribution in [1.29, 1.82) is 0 Å². The quantitative estimate of drug-likeness (QED) is 0.781. The van der Waals surface area contributed by atoms with Crippen molar-refractivity contribution in [3.8, 4) is 0 Å². The summed E-state index contributed by atoms with van der Waals surface area (Å²) in [5.41, 5.74) is 0.245. The minimum atomic E-state index is -0.502. The van der Waals surface area contributed by atoms with Crippen LogP contribution in [0, 0.1) is 4.77 Å². The van der Waals surface area contributed by atoms with Crippen LogP contribution < -0.4 is 5.56 Å². The topological polar surface area (TPSA) is 67.3 Å². The van der Waals surface area contributed by atoms with Crippen LogP contribution in [-0.2, 0) is 4.74 Å².